The number of hydrogen-bond acceptors (Lipinski definition) is 4. The summed E-state index contributed by atoms with van der Waals surface area (Å²) in [7, 11) is 0. The van der Waals surface area contributed by atoms with Crippen LogP contribution < -0.4 is 20.3 Å². The highest BCUT2D eigenvalue weighted by Crippen LogP contribution is 2.14. The van der Waals surface area contributed by atoms with Crippen LogP contribution in [0.25, 0.3) is 0 Å². The normalized spacial score (nSPS) is 10.3. The number of carbonyl (C=O) groups excluding carboxylic acids is 2. The lowest BCUT2D eigenvalue weighted by Crippen LogP contribution is -2.41. The lowest BCUT2D eigenvalue weighted by Gasteiger charge is -2.10. The quantitative estimate of drug-likeness (QED) is 0.431. The van der Waals surface area contributed by atoms with E-state index in [1.54, 1.807) is 48.5 Å². The first kappa shape index (κ1) is 22.3. The first-order valence-corrected chi connectivity index (χ1v) is 10.2. The molecule has 0 spiro atoms. The average Bonchev–Trinajstić information content (AvgIpc) is 2.76. The van der Waals surface area contributed by atoms with Crippen molar-refractivity contribution >= 4 is 11.8 Å². The molecule has 0 saturated carbocycles. The van der Waals surface area contributed by atoms with Crippen LogP contribution in [0.5, 0.6) is 11.5 Å². The minimum absolute atomic E-state index is 0.393. The Bertz CT molecular complexity index is 757. The number of rotatable bonds is 11. The van der Waals surface area contributed by atoms with E-state index in [4.69, 9.17) is 9.47 Å². The average molecular weight is 399 g/mol. The molecule has 0 heterocycles. The number of hydrogen-bond donors (Lipinski definition) is 2. The smallest absolute Gasteiger partial charge is 0.269 e. The Labute approximate surface area is 172 Å². The zero-order valence-corrected chi connectivity index (χ0v) is 17.2. The van der Waals surface area contributed by atoms with Gasteiger partial charge in [0.15, 0.2) is 0 Å². The molecule has 6 heteroatoms. The van der Waals surface area contributed by atoms with Crippen LogP contribution in [0.2, 0.25) is 0 Å². The highest BCUT2D eigenvalue weighted by Gasteiger charge is 2.09. The maximum absolute atomic E-state index is 12.2. The van der Waals surface area contributed by atoms with Crippen molar-refractivity contribution in [3.63, 3.8) is 0 Å². The molecule has 0 atom stereocenters. The van der Waals surface area contributed by atoms with Gasteiger partial charge in [-0.2, -0.15) is 0 Å². The van der Waals surface area contributed by atoms with Crippen LogP contribution in [0.3, 0.4) is 0 Å². The molecule has 0 saturated heterocycles. The van der Waals surface area contributed by atoms with Gasteiger partial charge in [0.2, 0.25) is 0 Å². The second kappa shape index (κ2) is 12.4. The molecule has 0 fully saturated rings. The highest BCUT2D eigenvalue weighted by atomic mass is 16.5. The summed E-state index contributed by atoms with van der Waals surface area (Å²) in [6.07, 6.45) is 5.50. The van der Waals surface area contributed by atoms with Gasteiger partial charge in [0.05, 0.1) is 13.2 Å². The van der Waals surface area contributed by atoms with Crippen molar-refractivity contribution in [2.45, 2.75) is 46.0 Å². The topological polar surface area (TPSA) is 76.7 Å². The Balaban J connectivity index is 1.77. The third kappa shape index (κ3) is 7.86. The van der Waals surface area contributed by atoms with Gasteiger partial charge in [-0.25, -0.2) is 0 Å². The van der Waals surface area contributed by atoms with Crippen molar-refractivity contribution in [1.82, 2.24) is 10.9 Å². The Morgan fingerprint density at radius 1 is 0.655 bits per heavy atom. The SMILES string of the molecule is CCCCCCOc1ccc(C(=O)NNC(=O)c2ccc(OCCC)cc2)cc1. The number of benzene rings is 2. The predicted molar refractivity (Wildman–Crippen MR) is 113 cm³/mol. The maximum Gasteiger partial charge on any atom is 0.269 e. The summed E-state index contributed by atoms with van der Waals surface area (Å²) in [5.74, 6) is 0.649. The summed E-state index contributed by atoms with van der Waals surface area (Å²) in [6.45, 7) is 5.50. The van der Waals surface area contributed by atoms with Gasteiger partial charge in [-0.3, -0.25) is 20.4 Å². The van der Waals surface area contributed by atoms with Crippen LogP contribution in [0.1, 0.15) is 66.7 Å². The number of amides is 2. The molecule has 2 rings (SSSR count). The van der Waals surface area contributed by atoms with Gasteiger partial charge in [-0.05, 0) is 61.4 Å². The monoisotopic (exact) mass is 398 g/mol. The Kier molecular flexibility index (Phi) is 9.55. The summed E-state index contributed by atoms with van der Waals surface area (Å²) >= 11 is 0. The van der Waals surface area contributed by atoms with Crippen LogP contribution in [-0.4, -0.2) is 25.0 Å². The third-order valence-corrected chi connectivity index (χ3v) is 4.26. The van der Waals surface area contributed by atoms with E-state index in [1.165, 1.54) is 12.8 Å². The van der Waals surface area contributed by atoms with Crippen molar-refractivity contribution < 1.29 is 19.1 Å². The fraction of sp³-hybridized carbons (Fsp3) is 0.391. The van der Waals surface area contributed by atoms with E-state index in [0.29, 0.717) is 30.1 Å². The zero-order chi connectivity index (χ0) is 20.9. The van der Waals surface area contributed by atoms with Crippen molar-refractivity contribution in [3.8, 4) is 11.5 Å². The molecule has 2 amide bonds. The highest BCUT2D eigenvalue weighted by molar-refractivity contribution is 5.99. The zero-order valence-electron chi connectivity index (χ0n) is 17.2. The van der Waals surface area contributed by atoms with Crippen molar-refractivity contribution in [1.29, 1.82) is 0 Å². The summed E-state index contributed by atoms with van der Waals surface area (Å²) in [6, 6.07) is 13.6. The van der Waals surface area contributed by atoms with E-state index >= 15 is 0 Å². The molecule has 156 valence electrons. The molecule has 0 unspecified atom stereocenters. The van der Waals surface area contributed by atoms with Gasteiger partial charge in [0.1, 0.15) is 11.5 Å². The summed E-state index contributed by atoms with van der Waals surface area (Å²) in [5, 5.41) is 0. The van der Waals surface area contributed by atoms with Crippen LogP contribution in [-0.2, 0) is 0 Å². The molecular formula is C23H30N2O4. The second-order valence-corrected chi connectivity index (χ2v) is 6.71. The van der Waals surface area contributed by atoms with Crippen molar-refractivity contribution in [2.75, 3.05) is 13.2 Å². The van der Waals surface area contributed by atoms with Crippen LogP contribution in [0.4, 0.5) is 0 Å². The molecule has 0 aliphatic rings. The van der Waals surface area contributed by atoms with Crippen LogP contribution >= 0.6 is 0 Å². The summed E-state index contributed by atoms with van der Waals surface area (Å²) in [5.41, 5.74) is 5.71. The van der Waals surface area contributed by atoms with E-state index in [2.05, 4.69) is 17.8 Å². The van der Waals surface area contributed by atoms with E-state index in [0.717, 1.165) is 25.0 Å². The van der Waals surface area contributed by atoms with Gasteiger partial charge < -0.3 is 9.47 Å². The van der Waals surface area contributed by atoms with Gasteiger partial charge in [-0.1, -0.05) is 33.1 Å². The molecule has 0 bridgehead atoms. The van der Waals surface area contributed by atoms with Gasteiger partial charge in [0.25, 0.3) is 11.8 Å². The summed E-state index contributed by atoms with van der Waals surface area (Å²) in [4.78, 5) is 24.4. The largest absolute Gasteiger partial charge is 0.494 e. The number of unbranched alkanes of at least 4 members (excludes halogenated alkanes) is 3. The summed E-state index contributed by atoms with van der Waals surface area (Å²) < 4.78 is 11.2. The van der Waals surface area contributed by atoms with E-state index in [-0.39, 0.29) is 0 Å². The first-order chi connectivity index (χ1) is 14.1. The minimum Gasteiger partial charge on any atom is -0.494 e. The number of ether oxygens (including phenoxy) is 2. The molecule has 2 N–H and O–H groups in total. The molecule has 0 radical (unpaired) electrons. The van der Waals surface area contributed by atoms with Crippen LogP contribution in [0.15, 0.2) is 48.5 Å². The predicted octanol–water partition coefficient (Wildman–Crippen LogP) is 4.51. The molecule has 29 heavy (non-hydrogen) atoms. The Morgan fingerprint density at radius 3 is 1.59 bits per heavy atom. The number of hydrazine groups is 1. The van der Waals surface area contributed by atoms with Crippen LogP contribution in [0, 0.1) is 0 Å². The molecule has 0 aliphatic heterocycles. The minimum atomic E-state index is -0.396. The number of carbonyl (C=O) groups is 2. The second-order valence-electron chi connectivity index (χ2n) is 6.71. The molecular weight excluding hydrogens is 368 g/mol. The molecule has 2 aromatic rings. The Hall–Kier alpha value is -3.02. The molecule has 2 aromatic carbocycles. The molecule has 0 aliphatic carbocycles. The fourth-order valence-corrected chi connectivity index (χ4v) is 2.60. The van der Waals surface area contributed by atoms with Gasteiger partial charge in [-0.15, -0.1) is 0 Å². The lowest BCUT2D eigenvalue weighted by atomic mass is 10.2. The fourth-order valence-electron chi connectivity index (χ4n) is 2.60. The van der Waals surface area contributed by atoms with E-state index in [9.17, 15) is 9.59 Å². The molecule has 6 nitrogen and oxygen atoms in total. The molecule has 0 aromatic heterocycles. The standard InChI is InChI=1S/C23H30N2O4/c1-3-5-6-7-17-29-21-14-10-19(11-15-21)23(27)25-24-22(26)18-8-12-20(13-9-18)28-16-4-2/h8-15H,3-7,16-17H2,1-2H3,(H,24,26)(H,25,27). The first-order valence-electron chi connectivity index (χ1n) is 10.2. The van der Waals surface area contributed by atoms with E-state index < -0.39 is 11.8 Å². The van der Waals surface area contributed by atoms with Gasteiger partial charge in [0, 0.05) is 11.1 Å². The van der Waals surface area contributed by atoms with Crippen molar-refractivity contribution in [2.24, 2.45) is 0 Å². The van der Waals surface area contributed by atoms with Gasteiger partial charge >= 0.3 is 0 Å². The third-order valence-electron chi connectivity index (χ3n) is 4.26. The van der Waals surface area contributed by atoms with E-state index in [1.807, 2.05) is 6.92 Å². The van der Waals surface area contributed by atoms with Crippen molar-refractivity contribution in [3.05, 3.63) is 59.7 Å². The Morgan fingerprint density at radius 2 is 1.14 bits per heavy atom. The lowest BCUT2D eigenvalue weighted by molar-refractivity contribution is 0.0846. The maximum atomic E-state index is 12.2. The number of nitrogens with one attached hydrogen (secondary N) is 2.